The first-order valence-electron chi connectivity index (χ1n) is 5.34. The molecule has 1 aliphatic heterocycles. The lowest BCUT2D eigenvalue weighted by atomic mass is 10.1. The summed E-state index contributed by atoms with van der Waals surface area (Å²) in [6.45, 7) is 3.00. The SMILES string of the molecule is C[C@H]1COC[C@@H](c2ccc(C(F)(F)F)cn2)N1. The van der Waals surface area contributed by atoms with Crippen molar-refractivity contribution in [3.63, 3.8) is 0 Å². The molecule has 1 saturated heterocycles. The Morgan fingerprint density at radius 2 is 2.12 bits per heavy atom. The van der Waals surface area contributed by atoms with Crippen LogP contribution < -0.4 is 5.32 Å². The van der Waals surface area contributed by atoms with Crippen LogP contribution >= 0.6 is 0 Å². The molecular weight excluding hydrogens is 233 g/mol. The zero-order valence-electron chi connectivity index (χ0n) is 9.29. The van der Waals surface area contributed by atoms with Gasteiger partial charge in [0.05, 0.1) is 30.5 Å². The van der Waals surface area contributed by atoms with E-state index in [1.165, 1.54) is 6.07 Å². The fraction of sp³-hybridized carbons (Fsp3) is 0.545. The lowest BCUT2D eigenvalue weighted by Gasteiger charge is -2.28. The summed E-state index contributed by atoms with van der Waals surface area (Å²) in [6.07, 6.45) is -3.48. The summed E-state index contributed by atoms with van der Waals surface area (Å²) in [4.78, 5) is 3.84. The van der Waals surface area contributed by atoms with Crippen LogP contribution in [0.4, 0.5) is 13.2 Å². The Balaban J connectivity index is 2.12. The monoisotopic (exact) mass is 246 g/mol. The molecule has 1 N–H and O–H groups in total. The molecule has 2 rings (SSSR count). The standard InChI is InChI=1S/C11H13F3N2O/c1-7-5-17-6-10(16-7)9-3-2-8(4-15-9)11(12,13)14/h2-4,7,10,16H,5-6H2,1H3/t7-,10-/m0/s1. The van der Waals surface area contributed by atoms with E-state index in [0.717, 1.165) is 12.3 Å². The number of halogens is 3. The Kier molecular flexibility index (Phi) is 3.35. The summed E-state index contributed by atoms with van der Waals surface area (Å²) < 4.78 is 42.4. The smallest absolute Gasteiger partial charge is 0.378 e. The predicted molar refractivity (Wildman–Crippen MR) is 55.4 cm³/mol. The van der Waals surface area contributed by atoms with E-state index >= 15 is 0 Å². The van der Waals surface area contributed by atoms with E-state index in [9.17, 15) is 13.2 Å². The largest absolute Gasteiger partial charge is 0.417 e. The number of aromatic nitrogens is 1. The summed E-state index contributed by atoms with van der Waals surface area (Å²) in [5, 5.41) is 3.22. The molecule has 1 fully saturated rings. The molecule has 0 saturated carbocycles. The molecule has 1 aliphatic rings. The topological polar surface area (TPSA) is 34.1 Å². The van der Waals surface area contributed by atoms with Crippen molar-refractivity contribution in [3.8, 4) is 0 Å². The zero-order valence-corrected chi connectivity index (χ0v) is 9.29. The molecule has 0 aromatic carbocycles. The van der Waals surface area contributed by atoms with Crippen molar-refractivity contribution in [2.75, 3.05) is 13.2 Å². The zero-order chi connectivity index (χ0) is 12.5. The van der Waals surface area contributed by atoms with Crippen LogP contribution in [0.25, 0.3) is 0 Å². The number of morpholine rings is 1. The minimum atomic E-state index is -4.34. The average molecular weight is 246 g/mol. The van der Waals surface area contributed by atoms with Gasteiger partial charge in [-0.15, -0.1) is 0 Å². The van der Waals surface area contributed by atoms with E-state index in [1.54, 1.807) is 0 Å². The quantitative estimate of drug-likeness (QED) is 0.824. The van der Waals surface area contributed by atoms with Crippen molar-refractivity contribution < 1.29 is 17.9 Å². The summed E-state index contributed by atoms with van der Waals surface area (Å²) in [5.74, 6) is 0. The second-order valence-corrected chi connectivity index (χ2v) is 4.13. The Labute approximate surface area is 97.0 Å². The normalized spacial score (nSPS) is 25.9. The second-order valence-electron chi connectivity index (χ2n) is 4.13. The third kappa shape index (κ3) is 2.95. The number of ether oxygens (including phenoxy) is 1. The number of hydrogen-bond acceptors (Lipinski definition) is 3. The first-order chi connectivity index (χ1) is 7.97. The molecule has 6 heteroatoms. The predicted octanol–water partition coefficient (Wildman–Crippen LogP) is 2.15. The van der Waals surface area contributed by atoms with Crippen molar-refractivity contribution >= 4 is 0 Å². The third-order valence-corrected chi connectivity index (χ3v) is 2.61. The van der Waals surface area contributed by atoms with Crippen LogP contribution in [0.15, 0.2) is 18.3 Å². The van der Waals surface area contributed by atoms with Crippen LogP contribution in [0.2, 0.25) is 0 Å². The van der Waals surface area contributed by atoms with Crippen molar-refractivity contribution in [2.45, 2.75) is 25.2 Å². The first kappa shape index (κ1) is 12.3. The molecular formula is C11H13F3N2O. The van der Waals surface area contributed by atoms with Gasteiger partial charge in [-0.1, -0.05) is 0 Å². The molecule has 0 spiro atoms. The molecule has 0 unspecified atom stereocenters. The molecule has 94 valence electrons. The van der Waals surface area contributed by atoms with E-state index in [1.807, 2.05) is 6.92 Å². The average Bonchev–Trinajstić information content (AvgIpc) is 2.28. The summed E-state index contributed by atoms with van der Waals surface area (Å²) in [5.41, 5.74) is -0.157. The maximum absolute atomic E-state index is 12.3. The molecule has 0 amide bonds. The highest BCUT2D eigenvalue weighted by molar-refractivity contribution is 5.19. The number of nitrogens with zero attached hydrogens (tertiary/aromatic N) is 1. The Bertz CT molecular complexity index is 377. The number of rotatable bonds is 1. The van der Waals surface area contributed by atoms with Crippen LogP contribution in [0.3, 0.4) is 0 Å². The van der Waals surface area contributed by atoms with E-state index in [4.69, 9.17) is 4.74 Å². The van der Waals surface area contributed by atoms with Crippen molar-refractivity contribution in [2.24, 2.45) is 0 Å². The molecule has 0 radical (unpaired) electrons. The molecule has 1 aromatic heterocycles. The van der Waals surface area contributed by atoms with Crippen LogP contribution in [0.5, 0.6) is 0 Å². The molecule has 0 aliphatic carbocycles. The molecule has 3 nitrogen and oxygen atoms in total. The molecule has 0 bridgehead atoms. The lowest BCUT2D eigenvalue weighted by molar-refractivity contribution is -0.137. The van der Waals surface area contributed by atoms with Gasteiger partial charge in [-0.25, -0.2) is 0 Å². The number of hydrogen-bond donors (Lipinski definition) is 1. The Hall–Kier alpha value is -1.14. The van der Waals surface area contributed by atoms with Gasteiger partial charge in [0.15, 0.2) is 0 Å². The van der Waals surface area contributed by atoms with E-state index < -0.39 is 11.7 Å². The first-order valence-corrected chi connectivity index (χ1v) is 5.34. The maximum Gasteiger partial charge on any atom is 0.417 e. The van der Waals surface area contributed by atoms with Gasteiger partial charge in [-0.2, -0.15) is 13.2 Å². The molecule has 2 heterocycles. The van der Waals surface area contributed by atoms with Gasteiger partial charge < -0.3 is 10.1 Å². The van der Waals surface area contributed by atoms with Gasteiger partial charge in [-0.3, -0.25) is 4.98 Å². The van der Waals surface area contributed by atoms with Crippen molar-refractivity contribution in [1.82, 2.24) is 10.3 Å². The van der Waals surface area contributed by atoms with Crippen LogP contribution in [-0.4, -0.2) is 24.2 Å². The van der Waals surface area contributed by atoms with E-state index in [2.05, 4.69) is 10.3 Å². The van der Waals surface area contributed by atoms with Crippen molar-refractivity contribution in [3.05, 3.63) is 29.6 Å². The lowest BCUT2D eigenvalue weighted by Crippen LogP contribution is -2.42. The Morgan fingerprint density at radius 3 is 2.65 bits per heavy atom. The van der Waals surface area contributed by atoms with Gasteiger partial charge in [0.2, 0.25) is 0 Å². The summed E-state index contributed by atoms with van der Waals surface area (Å²) >= 11 is 0. The van der Waals surface area contributed by atoms with Gasteiger partial charge >= 0.3 is 6.18 Å². The third-order valence-electron chi connectivity index (χ3n) is 2.61. The van der Waals surface area contributed by atoms with Gasteiger partial charge in [0.25, 0.3) is 0 Å². The highest BCUT2D eigenvalue weighted by Crippen LogP contribution is 2.29. The van der Waals surface area contributed by atoms with Crippen molar-refractivity contribution in [1.29, 1.82) is 0 Å². The molecule has 2 atom stereocenters. The highest BCUT2D eigenvalue weighted by atomic mass is 19.4. The minimum absolute atomic E-state index is 0.138. The fourth-order valence-corrected chi connectivity index (χ4v) is 1.75. The highest BCUT2D eigenvalue weighted by Gasteiger charge is 2.31. The minimum Gasteiger partial charge on any atom is -0.378 e. The van der Waals surface area contributed by atoms with E-state index in [0.29, 0.717) is 18.9 Å². The number of pyridine rings is 1. The van der Waals surface area contributed by atoms with Gasteiger partial charge in [0, 0.05) is 12.2 Å². The van der Waals surface area contributed by atoms with Crippen LogP contribution in [-0.2, 0) is 10.9 Å². The Morgan fingerprint density at radius 1 is 1.35 bits per heavy atom. The fourth-order valence-electron chi connectivity index (χ4n) is 1.75. The maximum atomic E-state index is 12.3. The second kappa shape index (κ2) is 4.62. The molecule has 1 aromatic rings. The van der Waals surface area contributed by atoms with Crippen LogP contribution in [0, 0.1) is 0 Å². The number of nitrogens with one attached hydrogen (secondary N) is 1. The summed E-state index contributed by atoms with van der Waals surface area (Å²) in [6, 6.07) is 2.48. The van der Waals surface area contributed by atoms with E-state index in [-0.39, 0.29) is 12.1 Å². The van der Waals surface area contributed by atoms with Crippen LogP contribution in [0.1, 0.15) is 24.2 Å². The summed E-state index contributed by atoms with van der Waals surface area (Å²) in [7, 11) is 0. The van der Waals surface area contributed by atoms with Gasteiger partial charge in [-0.05, 0) is 19.1 Å². The molecule has 17 heavy (non-hydrogen) atoms. The van der Waals surface area contributed by atoms with Gasteiger partial charge in [0.1, 0.15) is 0 Å². The number of alkyl halides is 3.